The summed E-state index contributed by atoms with van der Waals surface area (Å²) in [7, 11) is 0. The van der Waals surface area contributed by atoms with Crippen LogP contribution in [0.4, 0.5) is 0 Å². The molecular formula is C15H23N3O2. The molecule has 2 rings (SSSR count). The largest absolute Gasteiger partial charge is 0.381 e. The molecule has 1 saturated heterocycles. The zero-order chi connectivity index (χ0) is 14.2. The number of hydrogen-bond donors (Lipinski definition) is 2. The lowest BCUT2D eigenvalue weighted by Gasteiger charge is -2.28. The molecule has 110 valence electrons. The van der Waals surface area contributed by atoms with Gasteiger partial charge in [-0.05, 0) is 37.3 Å². The minimum Gasteiger partial charge on any atom is -0.381 e. The molecule has 0 unspecified atom stereocenters. The standard InChI is InChI=1S/C15H23N3O2/c1-12(14-4-7-20-8-5-14)17-11-15(19)18-10-13-3-2-6-16-9-13/h2-3,6,9,12,14,17H,4-5,7-8,10-11H2,1H3,(H,18,19)/t12-/m1/s1. The number of pyridine rings is 1. The van der Waals surface area contributed by atoms with Crippen molar-refractivity contribution in [3.63, 3.8) is 0 Å². The van der Waals surface area contributed by atoms with Gasteiger partial charge < -0.3 is 15.4 Å². The molecule has 20 heavy (non-hydrogen) atoms. The van der Waals surface area contributed by atoms with Gasteiger partial charge in [-0.25, -0.2) is 0 Å². The van der Waals surface area contributed by atoms with Gasteiger partial charge in [-0.1, -0.05) is 6.07 Å². The third-order valence-corrected chi connectivity index (χ3v) is 3.77. The topological polar surface area (TPSA) is 63.2 Å². The molecule has 1 amide bonds. The second kappa shape index (κ2) is 7.97. The van der Waals surface area contributed by atoms with Crippen LogP contribution in [-0.2, 0) is 16.1 Å². The molecule has 1 fully saturated rings. The second-order valence-electron chi connectivity index (χ2n) is 5.26. The van der Waals surface area contributed by atoms with Crippen molar-refractivity contribution < 1.29 is 9.53 Å². The Morgan fingerprint density at radius 2 is 2.30 bits per heavy atom. The molecular weight excluding hydrogens is 254 g/mol. The Labute approximate surface area is 120 Å². The highest BCUT2D eigenvalue weighted by Gasteiger charge is 2.20. The van der Waals surface area contributed by atoms with Gasteiger partial charge in [0.2, 0.25) is 5.91 Å². The first kappa shape index (κ1) is 14.9. The third kappa shape index (κ3) is 4.90. The molecule has 1 atom stereocenters. The number of rotatable bonds is 6. The van der Waals surface area contributed by atoms with Crippen molar-refractivity contribution >= 4 is 5.91 Å². The van der Waals surface area contributed by atoms with Gasteiger partial charge in [0.25, 0.3) is 0 Å². The Bertz CT molecular complexity index is 405. The van der Waals surface area contributed by atoms with E-state index in [1.807, 2.05) is 12.1 Å². The first-order valence-corrected chi connectivity index (χ1v) is 7.22. The lowest BCUT2D eigenvalue weighted by Crippen LogP contribution is -2.42. The monoisotopic (exact) mass is 277 g/mol. The van der Waals surface area contributed by atoms with E-state index in [2.05, 4.69) is 22.5 Å². The minimum atomic E-state index is 0.0211. The molecule has 0 saturated carbocycles. The predicted octanol–water partition coefficient (Wildman–Crippen LogP) is 1.10. The summed E-state index contributed by atoms with van der Waals surface area (Å²) in [5.41, 5.74) is 1.01. The van der Waals surface area contributed by atoms with E-state index in [0.717, 1.165) is 31.6 Å². The first-order valence-electron chi connectivity index (χ1n) is 7.22. The fourth-order valence-electron chi connectivity index (χ4n) is 2.40. The molecule has 1 aromatic rings. The lowest BCUT2D eigenvalue weighted by atomic mass is 9.93. The number of amides is 1. The number of hydrogen-bond acceptors (Lipinski definition) is 4. The van der Waals surface area contributed by atoms with Crippen LogP contribution in [0.15, 0.2) is 24.5 Å². The van der Waals surface area contributed by atoms with Gasteiger partial charge >= 0.3 is 0 Å². The molecule has 2 heterocycles. The summed E-state index contributed by atoms with van der Waals surface area (Å²) in [4.78, 5) is 15.8. The van der Waals surface area contributed by atoms with Crippen molar-refractivity contribution in [2.75, 3.05) is 19.8 Å². The average molecular weight is 277 g/mol. The first-order chi connectivity index (χ1) is 9.75. The summed E-state index contributed by atoms with van der Waals surface area (Å²) in [5, 5.41) is 6.20. The van der Waals surface area contributed by atoms with Crippen LogP contribution in [-0.4, -0.2) is 36.7 Å². The number of carbonyl (C=O) groups excluding carboxylic acids is 1. The Hall–Kier alpha value is -1.46. The Balaban J connectivity index is 1.64. The third-order valence-electron chi connectivity index (χ3n) is 3.77. The molecule has 0 radical (unpaired) electrons. The van der Waals surface area contributed by atoms with Crippen LogP contribution in [0.5, 0.6) is 0 Å². The number of carbonyl (C=O) groups is 1. The summed E-state index contributed by atoms with van der Waals surface area (Å²) in [6.07, 6.45) is 5.64. The van der Waals surface area contributed by atoms with E-state index in [1.165, 1.54) is 0 Å². The van der Waals surface area contributed by atoms with Gasteiger partial charge in [-0.15, -0.1) is 0 Å². The van der Waals surface area contributed by atoms with Crippen molar-refractivity contribution in [3.05, 3.63) is 30.1 Å². The van der Waals surface area contributed by atoms with E-state index in [0.29, 0.717) is 25.0 Å². The molecule has 0 aromatic carbocycles. The quantitative estimate of drug-likeness (QED) is 0.817. The summed E-state index contributed by atoms with van der Waals surface area (Å²) >= 11 is 0. The molecule has 1 aromatic heterocycles. The molecule has 0 spiro atoms. The van der Waals surface area contributed by atoms with E-state index in [4.69, 9.17) is 4.74 Å². The van der Waals surface area contributed by atoms with Gasteiger partial charge in [0, 0.05) is 38.2 Å². The fraction of sp³-hybridized carbons (Fsp3) is 0.600. The fourth-order valence-corrected chi connectivity index (χ4v) is 2.40. The van der Waals surface area contributed by atoms with Gasteiger partial charge in [-0.3, -0.25) is 9.78 Å². The van der Waals surface area contributed by atoms with Crippen molar-refractivity contribution in [2.24, 2.45) is 5.92 Å². The van der Waals surface area contributed by atoms with E-state index in [9.17, 15) is 4.79 Å². The zero-order valence-corrected chi connectivity index (χ0v) is 12.0. The summed E-state index contributed by atoms with van der Waals surface area (Å²) < 4.78 is 5.35. The molecule has 0 bridgehead atoms. The average Bonchev–Trinajstić information content (AvgIpc) is 2.52. The van der Waals surface area contributed by atoms with Gasteiger partial charge in [0.15, 0.2) is 0 Å². The van der Waals surface area contributed by atoms with E-state index < -0.39 is 0 Å². The highest BCUT2D eigenvalue weighted by Crippen LogP contribution is 2.18. The zero-order valence-electron chi connectivity index (χ0n) is 12.0. The smallest absolute Gasteiger partial charge is 0.234 e. The predicted molar refractivity (Wildman–Crippen MR) is 77.1 cm³/mol. The molecule has 5 nitrogen and oxygen atoms in total. The maximum atomic E-state index is 11.8. The molecule has 2 N–H and O–H groups in total. The lowest BCUT2D eigenvalue weighted by molar-refractivity contribution is -0.120. The Kier molecular flexibility index (Phi) is 5.95. The number of nitrogens with one attached hydrogen (secondary N) is 2. The maximum Gasteiger partial charge on any atom is 0.234 e. The summed E-state index contributed by atoms with van der Waals surface area (Å²) in [5.74, 6) is 0.627. The molecule has 0 aliphatic carbocycles. The van der Waals surface area contributed by atoms with Crippen LogP contribution in [0.1, 0.15) is 25.3 Å². The molecule has 5 heteroatoms. The molecule has 1 aliphatic heterocycles. The van der Waals surface area contributed by atoms with Crippen molar-refractivity contribution in [2.45, 2.75) is 32.4 Å². The van der Waals surface area contributed by atoms with Crippen LogP contribution in [0.25, 0.3) is 0 Å². The highest BCUT2D eigenvalue weighted by molar-refractivity contribution is 5.77. The van der Waals surface area contributed by atoms with E-state index >= 15 is 0 Å². The summed E-state index contributed by atoms with van der Waals surface area (Å²) in [6.45, 7) is 4.71. The van der Waals surface area contributed by atoms with Crippen LogP contribution >= 0.6 is 0 Å². The van der Waals surface area contributed by atoms with Crippen LogP contribution in [0, 0.1) is 5.92 Å². The molecule has 1 aliphatic rings. The SMILES string of the molecule is C[C@@H](NCC(=O)NCc1cccnc1)C1CCOCC1. The van der Waals surface area contributed by atoms with Gasteiger partial charge in [-0.2, -0.15) is 0 Å². The normalized spacial score (nSPS) is 17.6. The summed E-state index contributed by atoms with van der Waals surface area (Å²) in [6, 6.07) is 4.17. The Morgan fingerprint density at radius 1 is 1.50 bits per heavy atom. The van der Waals surface area contributed by atoms with Gasteiger partial charge in [0.1, 0.15) is 0 Å². The van der Waals surface area contributed by atoms with Crippen LogP contribution in [0.2, 0.25) is 0 Å². The Morgan fingerprint density at radius 3 is 3.00 bits per heavy atom. The maximum absolute atomic E-state index is 11.8. The van der Waals surface area contributed by atoms with Crippen molar-refractivity contribution in [3.8, 4) is 0 Å². The van der Waals surface area contributed by atoms with E-state index in [-0.39, 0.29) is 5.91 Å². The minimum absolute atomic E-state index is 0.0211. The second-order valence-corrected chi connectivity index (χ2v) is 5.26. The van der Waals surface area contributed by atoms with Crippen LogP contribution < -0.4 is 10.6 Å². The highest BCUT2D eigenvalue weighted by atomic mass is 16.5. The van der Waals surface area contributed by atoms with E-state index in [1.54, 1.807) is 12.4 Å². The number of aromatic nitrogens is 1. The van der Waals surface area contributed by atoms with Crippen LogP contribution in [0.3, 0.4) is 0 Å². The van der Waals surface area contributed by atoms with Crippen molar-refractivity contribution in [1.29, 1.82) is 0 Å². The van der Waals surface area contributed by atoms with Gasteiger partial charge in [0.05, 0.1) is 6.54 Å². The van der Waals surface area contributed by atoms with Crippen molar-refractivity contribution in [1.82, 2.24) is 15.6 Å². The number of ether oxygens (including phenoxy) is 1. The number of nitrogens with zero attached hydrogens (tertiary/aromatic N) is 1.